The fourth-order valence-electron chi connectivity index (χ4n) is 5.26. The van der Waals surface area contributed by atoms with E-state index in [1.165, 1.54) is 0 Å². The van der Waals surface area contributed by atoms with E-state index in [4.69, 9.17) is 4.74 Å². The van der Waals surface area contributed by atoms with Crippen molar-refractivity contribution >= 4 is 6.09 Å². The lowest BCUT2D eigenvalue weighted by molar-refractivity contribution is -0.153. The monoisotopic (exact) mass is 357 g/mol. The maximum atomic E-state index is 13.0. The van der Waals surface area contributed by atoms with Gasteiger partial charge in [0.15, 0.2) is 0 Å². The Balaban J connectivity index is 1.20. The molecule has 0 aromatic rings. The van der Waals surface area contributed by atoms with E-state index in [0.29, 0.717) is 24.1 Å². The Labute approximate surface area is 148 Å². The van der Waals surface area contributed by atoms with Crippen molar-refractivity contribution in [1.29, 1.82) is 0 Å². The first-order valence-electron chi connectivity index (χ1n) is 9.67. The second-order valence-corrected chi connectivity index (χ2v) is 8.46. The Morgan fingerprint density at radius 2 is 1.72 bits per heavy atom. The van der Waals surface area contributed by atoms with Gasteiger partial charge in [-0.2, -0.15) is 0 Å². The molecule has 0 bridgehead atoms. The van der Waals surface area contributed by atoms with Gasteiger partial charge in [-0.3, -0.25) is 4.90 Å². The number of amides is 1. The topological polar surface area (TPSA) is 36.0 Å². The van der Waals surface area contributed by atoms with E-state index in [1.807, 2.05) is 16.7 Å². The lowest BCUT2D eigenvalue weighted by Gasteiger charge is -2.53. The van der Waals surface area contributed by atoms with Gasteiger partial charge in [0, 0.05) is 25.2 Å². The quantitative estimate of drug-likeness (QED) is 0.777. The Morgan fingerprint density at radius 3 is 2.32 bits per heavy atom. The number of ether oxygens (including phenoxy) is 1. The number of carbonyl (C=O) groups is 1. The van der Waals surface area contributed by atoms with Gasteiger partial charge < -0.3 is 14.5 Å². The first-order valence-corrected chi connectivity index (χ1v) is 9.67. The molecule has 7 heteroatoms. The molecule has 25 heavy (non-hydrogen) atoms. The van der Waals surface area contributed by atoms with Crippen molar-refractivity contribution in [2.75, 3.05) is 45.9 Å². The van der Waals surface area contributed by atoms with E-state index >= 15 is 0 Å². The second kappa shape index (κ2) is 6.34. The van der Waals surface area contributed by atoms with E-state index in [1.54, 1.807) is 0 Å². The summed E-state index contributed by atoms with van der Waals surface area (Å²) in [6.07, 6.45) is 5.25. The van der Waals surface area contributed by atoms with Crippen molar-refractivity contribution in [1.82, 2.24) is 14.7 Å². The van der Waals surface area contributed by atoms with Gasteiger partial charge >= 0.3 is 6.09 Å². The van der Waals surface area contributed by atoms with E-state index in [0.717, 1.165) is 58.3 Å². The summed E-state index contributed by atoms with van der Waals surface area (Å²) in [4.78, 5) is 18.2. The molecule has 0 aromatic carbocycles. The number of hydrogen-bond acceptors (Lipinski definition) is 4. The van der Waals surface area contributed by atoms with Crippen molar-refractivity contribution in [3.05, 3.63) is 0 Å². The molecule has 142 valence electrons. The zero-order valence-electron chi connectivity index (χ0n) is 15.1. The summed E-state index contributed by atoms with van der Waals surface area (Å²) in [5.74, 6) is -2.45. The highest BCUT2D eigenvalue weighted by atomic mass is 19.3. The third kappa shape index (κ3) is 3.37. The van der Waals surface area contributed by atoms with Crippen molar-refractivity contribution in [3.8, 4) is 0 Å². The molecule has 3 saturated heterocycles. The Hall–Kier alpha value is -0.950. The van der Waals surface area contributed by atoms with Gasteiger partial charge in [-0.1, -0.05) is 0 Å². The van der Waals surface area contributed by atoms with Crippen LogP contribution in [0.1, 0.15) is 39.0 Å². The maximum Gasteiger partial charge on any atom is 0.409 e. The second-order valence-electron chi connectivity index (χ2n) is 8.46. The highest BCUT2D eigenvalue weighted by molar-refractivity contribution is 5.68. The fourth-order valence-corrected chi connectivity index (χ4v) is 5.26. The minimum atomic E-state index is -2.45. The average Bonchev–Trinajstić information content (AvgIpc) is 2.97. The fraction of sp³-hybridized carbons (Fsp3) is 0.944. The molecule has 3 aliphatic heterocycles. The first kappa shape index (κ1) is 17.5. The number of nitrogens with zero attached hydrogens (tertiary/aromatic N) is 3. The molecule has 0 radical (unpaired) electrons. The van der Waals surface area contributed by atoms with Crippen LogP contribution in [0.5, 0.6) is 0 Å². The van der Waals surface area contributed by atoms with Crippen LogP contribution in [0.25, 0.3) is 0 Å². The molecule has 1 saturated carbocycles. The van der Waals surface area contributed by atoms with Crippen molar-refractivity contribution in [2.24, 2.45) is 5.41 Å². The summed E-state index contributed by atoms with van der Waals surface area (Å²) in [6.45, 7) is 5.88. The Bertz CT molecular complexity index is 508. The van der Waals surface area contributed by atoms with Crippen LogP contribution in [0.15, 0.2) is 0 Å². The number of hydrogen-bond donors (Lipinski definition) is 0. The van der Waals surface area contributed by atoms with Crippen LogP contribution in [0.3, 0.4) is 0 Å². The predicted molar refractivity (Wildman–Crippen MR) is 89.8 cm³/mol. The highest BCUT2D eigenvalue weighted by Crippen LogP contribution is 2.50. The summed E-state index contributed by atoms with van der Waals surface area (Å²) in [5, 5.41) is 0. The molecule has 4 aliphatic rings. The van der Waals surface area contributed by atoms with Crippen LogP contribution in [0.4, 0.5) is 13.6 Å². The van der Waals surface area contributed by atoms with E-state index in [2.05, 4.69) is 4.90 Å². The van der Waals surface area contributed by atoms with Gasteiger partial charge in [0.1, 0.15) is 0 Å². The maximum absolute atomic E-state index is 13.0. The minimum absolute atomic E-state index is 0.0477. The third-order valence-electron chi connectivity index (χ3n) is 6.70. The molecule has 1 amide bonds. The number of alkyl halides is 2. The van der Waals surface area contributed by atoms with E-state index in [9.17, 15) is 13.6 Å². The summed E-state index contributed by atoms with van der Waals surface area (Å²) < 4.78 is 31.2. The van der Waals surface area contributed by atoms with Crippen molar-refractivity contribution < 1.29 is 18.3 Å². The summed E-state index contributed by atoms with van der Waals surface area (Å²) in [5.41, 5.74) is 0.299. The van der Waals surface area contributed by atoms with Crippen molar-refractivity contribution in [2.45, 2.75) is 57.0 Å². The highest BCUT2D eigenvalue weighted by Gasteiger charge is 2.52. The molecule has 4 fully saturated rings. The largest absolute Gasteiger partial charge is 0.450 e. The molecule has 0 aromatic heterocycles. The molecular weight excluding hydrogens is 328 g/mol. The van der Waals surface area contributed by atoms with Crippen LogP contribution in [0.2, 0.25) is 0 Å². The predicted octanol–water partition coefficient (Wildman–Crippen LogP) is 2.41. The molecule has 1 spiro atoms. The van der Waals surface area contributed by atoms with Crippen LogP contribution in [0, 0.1) is 5.41 Å². The van der Waals surface area contributed by atoms with Gasteiger partial charge in [-0.15, -0.1) is 0 Å². The summed E-state index contributed by atoms with van der Waals surface area (Å²) >= 11 is 0. The van der Waals surface area contributed by atoms with Crippen molar-refractivity contribution in [3.63, 3.8) is 0 Å². The molecule has 5 nitrogen and oxygen atoms in total. The molecular formula is C18H29F2N3O2. The standard InChI is InChI=1S/C18H29F2N3O2/c1-2-25-16(24)22-8-5-17(11-22)9-15(10-17)21-6-3-14(4-7-21)23-12-18(19,20)13-23/h14-15H,2-13H2,1H3. The van der Waals surface area contributed by atoms with E-state index in [-0.39, 0.29) is 19.2 Å². The van der Waals surface area contributed by atoms with Gasteiger partial charge in [0.25, 0.3) is 5.92 Å². The first-order chi connectivity index (χ1) is 11.9. The zero-order chi connectivity index (χ0) is 17.7. The molecule has 0 atom stereocenters. The Kier molecular flexibility index (Phi) is 4.43. The third-order valence-corrected chi connectivity index (χ3v) is 6.70. The smallest absolute Gasteiger partial charge is 0.409 e. The lowest BCUT2D eigenvalue weighted by Crippen LogP contribution is -2.62. The van der Waals surface area contributed by atoms with Gasteiger partial charge in [0.2, 0.25) is 0 Å². The molecule has 3 heterocycles. The average molecular weight is 357 g/mol. The normalized spacial score (nSPS) is 36.3. The lowest BCUT2D eigenvalue weighted by atomic mass is 9.64. The SMILES string of the molecule is CCOC(=O)N1CCC2(CC(N3CCC(N4CC(F)(F)C4)CC3)C2)C1. The van der Waals surface area contributed by atoms with Crippen LogP contribution in [-0.2, 0) is 4.74 Å². The zero-order valence-corrected chi connectivity index (χ0v) is 15.1. The Morgan fingerprint density at radius 1 is 1.04 bits per heavy atom. The number of halogens is 2. The summed E-state index contributed by atoms with van der Waals surface area (Å²) in [6, 6.07) is 0.955. The van der Waals surface area contributed by atoms with Crippen LogP contribution >= 0.6 is 0 Å². The van der Waals surface area contributed by atoms with E-state index < -0.39 is 5.92 Å². The van der Waals surface area contributed by atoms with Gasteiger partial charge in [-0.25, -0.2) is 13.6 Å². The molecule has 0 N–H and O–H groups in total. The molecule has 0 unspecified atom stereocenters. The molecule has 4 rings (SSSR count). The summed E-state index contributed by atoms with van der Waals surface area (Å²) in [7, 11) is 0. The van der Waals surface area contributed by atoms with Gasteiger partial charge in [0.05, 0.1) is 19.7 Å². The van der Waals surface area contributed by atoms with Gasteiger partial charge in [-0.05, 0) is 57.5 Å². The number of piperidine rings is 1. The molecule has 1 aliphatic carbocycles. The number of carbonyl (C=O) groups excluding carboxylic acids is 1. The number of rotatable bonds is 3. The minimum Gasteiger partial charge on any atom is -0.450 e. The van der Waals surface area contributed by atoms with Crippen LogP contribution < -0.4 is 0 Å². The van der Waals surface area contributed by atoms with Crippen LogP contribution in [-0.4, -0.2) is 84.7 Å². The number of likely N-dealkylation sites (tertiary alicyclic amines) is 3.